The van der Waals surface area contributed by atoms with E-state index in [-0.39, 0.29) is 0 Å². The summed E-state index contributed by atoms with van der Waals surface area (Å²) in [5, 5.41) is 3.66. The Labute approximate surface area is 94.9 Å². The van der Waals surface area contributed by atoms with Gasteiger partial charge >= 0.3 is 0 Å². The molecule has 0 spiro atoms. The highest BCUT2D eigenvalue weighted by Crippen LogP contribution is 2.40. The van der Waals surface area contributed by atoms with Gasteiger partial charge in [-0.3, -0.25) is 0 Å². The number of aromatic nitrogens is 1. The number of rotatable bonds is 2. The van der Waals surface area contributed by atoms with Gasteiger partial charge in [0.1, 0.15) is 0 Å². The maximum absolute atomic E-state index is 5.81. The summed E-state index contributed by atoms with van der Waals surface area (Å²) in [6.07, 6.45) is 7.80. The Balaban J connectivity index is 1.70. The third kappa shape index (κ3) is 1.83. The second-order valence-corrected chi connectivity index (χ2v) is 5.91. The van der Waals surface area contributed by atoms with E-state index in [0.717, 1.165) is 18.8 Å². The quantitative estimate of drug-likeness (QED) is 0.835. The monoisotopic (exact) mass is 222 g/mol. The van der Waals surface area contributed by atoms with E-state index in [1.807, 2.05) is 11.3 Å². The Morgan fingerprint density at radius 3 is 2.60 bits per heavy atom. The molecule has 1 aromatic rings. The van der Waals surface area contributed by atoms with Gasteiger partial charge in [-0.2, -0.15) is 0 Å². The van der Waals surface area contributed by atoms with Crippen LogP contribution in [0.4, 0.5) is 0 Å². The predicted octanol–water partition coefficient (Wildman–Crippen LogP) is 3.01. The van der Waals surface area contributed by atoms with Crippen molar-refractivity contribution in [3.05, 3.63) is 16.1 Å². The topological polar surface area (TPSA) is 38.9 Å². The molecule has 3 heteroatoms. The normalized spacial score (nSPS) is 31.8. The molecule has 0 radical (unpaired) electrons. The number of nitrogens with two attached hydrogens (primary N) is 1. The minimum atomic E-state index is 0.437. The van der Waals surface area contributed by atoms with E-state index in [1.165, 1.54) is 36.4 Å². The van der Waals surface area contributed by atoms with Crippen LogP contribution in [0.25, 0.3) is 0 Å². The SMILES string of the molecule is NC1CC(c2csc(C3CCCC3)n2)C1. The van der Waals surface area contributed by atoms with Crippen LogP contribution in [0.15, 0.2) is 5.38 Å². The maximum Gasteiger partial charge on any atom is 0.0959 e. The molecule has 0 unspecified atom stereocenters. The molecule has 0 aromatic carbocycles. The highest BCUT2D eigenvalue weighted by molar-refractivity contribution is 7.09. The molecule has 82 valence electrons. The number of nitrogens with zero attached hydrogens (tertiary/aromatic N) is 1. The highest BCUT2D eigenvalue weighted by atomic mass is 32.1. The van der Waals surface area contributed by atoms with Crippen molar-refractivity contribution < 1.29 is 0 Å². The fourth-order valence-electron chi connectivity index (χ4n) is 2.75. The lowest BCUT2D eigenvalue weighted by Crippen LogP contribution is -2.34. The van der Waals surface area contributed by atoms with Crippen LogP contribution in [0, 0.1) is 0 Å². The van der Waals surface area contributed by atoms with Gasteiger partial charge in [-0.25, -0.2) is 4.98 Å². The zero-order valence-electron chi connectivity index (χ0n) is 8.98. The summed E-state index contributed by atoms with van der Waals surface area (Å²) < 4.78 is 0. The molecule has 2 aliphatic rings. The molecule has 0 atom stereocenters. The van der Waals surface area contributed by atoms with E-state index in [2.05, 4.69) is 5.38 Å². The first-order valence-corrected chi connectivity index (χ1v) is 6.92. The van der Waals surface area contributed by atoms with Crippen molar-refractivity contribution in [1.29, 1.82) is 0 Å². The van der Waals surface area contributed by atoms with E-state index in [9.17, 15) is 0 Å². The molecule has 0 saturated heterocycles. The lowest BCUT2D eigenvalue weighted by molar-refractivity contribution is 0.346. The van der Waals surface area contributed by atoms with Gasteiger partial charge in [-0.15, -0.1) is 11.3 Å². The third-order valence-corrected chi connectivity index (χ3v) is 4.86. The van der Waals surface area contributed by atoms with Gasteiger partial charge in [0.2, 0.25) is 0 Å². The van der Waals surface area contributed by atoms with Gasteiger partial charge in [-0.1, -0.05) is 12.8 Å². The van der Waals surface area contributed by atoms with Crippen molar-refractivity contribution in [3.8, 4) is 0 Å². The first kappa shape index (κ1) is 9.79. The van der Waals surface area contributed by atoms with Crippen molar-refractivity contribution >= 4 is 11.3 Å². The summed E-state index contributed by atoms with van der Waals surface area (Å²) in [6.45, 7) is 0. The molecule has 2 N–H and O–H groups in total. The van der Waals surface area contributed by atoms with Gasteiger partial charge in [0.15, 0.2) is 0 Å². The fraction of sp³-hybridized carbons (Fsp3) is 0.750. The van der Waals surface area contributed by atoms with E-state index in [1.54, 1.807) is 0 Å². The van der Waals surface area contributed by atoms with Gasteiger partial charge in [0, 0.05) is 23.3 Å². The second-order valence-electron chi connectivity index (χ2n) is 5.02. The van der Waals surface area contributed by atoms with Crippen molar-refractivity contribution in [2.24, 2.45) is 5.73 Å². The molecular formula is C12H18N2S. The van der Waals surface area contributed by atoms with Crippen molar-refractivity contribution in [2.45, 2.75) is 56.4 Å². The minimum absolute atomic E-state index is 0.437. The standard InChI is InChI=1S/C12H18N2S/c13-10-5-9(6-10)11-7-15-12(14-11)8-3-1-2-4-8/h7-10H,1-6,13H2. The Morgan fingerprint density at radius 2 is 1.93 bits per heavy atom. The van der Waals surface area contributed by atoms with Gasteiger partial charge in [0.25, 0.3) is 0 Å². The van der Waals surface area contributed by atoms with Crippen molar-refractivity contribution in [3.63, 3.8) is 0 Å². The lowest BCUT2D eigenvalue weighted by atomic mass is 9.79. The van der Waals surface area contributed by atoms with Crippen LogP contribution < -0.4 is 5.73 Å². The molecule has 2 fully saturated rings. The Kier molecular flexibility index (Phi) is 2.53. The van der Waals surface area contributed by atoms with Crippen LogP contribution in [-0.4, -0.2) is 11.0 Å². The summed E-state index contributed by atoms with van der Waals surface area (Å²) in [5.74, 6) is 1.45. The maximum atomic E-state index is 5.81. The summed E-state index contributed by atoms with van der Waals surface area (Å²) >= 11 is 1.87. The lowest BCUT2D eigenvalue weighted by Gasteiger charge is -2.30. The van der Waals surface area contributed by atoms with Gasteiger partial charge in [-0.05, 0) is 25.7 Å². The highest BCUT2D eigenvalue weighted by Gasteiger charge is 2.30. The van der Waals surface area contributed by atoms with Crippen LogP contribution in [0.5, 0.6) is 0 Å². The van der Waals surface area contributed by atoms with E-state index in [0.29, 0.717) is 12.0 Å². The number of hydrogen-bond donors (Lipinski definition) is 1. The summed E-state index contributed by atoms with van der Waals surface area (Å²) in [7, 11) is 0. The largest absolute Gasteiger partial charge is 0.328 e. The van der Waals surface area contributed by atoms with Crippen LogP contribution in [0.2, 0.25) is 0 Å². The average molecular weight is 222 g/mol. The van der Waals surface area contributed by atoms with Gasteiger partial charge < -0.3 is 5.73 Å². The number of thiazole rings is 1. The smallest absolute Gasteiger partial charge is 0.0959 e. The summed E-state index contributed by atoms with van der Waals surface area (Å²) in [5.41, 5.74) is 7.13. The van der Waals surface area contributed by atoms with E-state index >= 15 is 0 Å². The molecule has 0 bridgehead atoms. The Bertz CT molecular complexity index is 335. The Morgan fingerprint density at radius 1 is 1.20 bits per heavy atom. The van der Waals surface area contributed by atoms with Gasteiger partial charge in [0.05, 0.1) is 10.7 Å². The molecule has 2 aliphatic carbocycles. The predicted molar refractivity (Wildman–Crippen MR) is 63.3 cm³/mol. The molecule has 1 aromatic heterocycles. The number of hydrogen-bond acceptors (Lipinski definition) is 3. The summed E-state index contributed by atoms with van der Waals surface area (Å²) in [6, 6.07) is 0.437. The first-order chi connectivity index (χ1) is 7.33. The van der Waals surface area contributed by atoms with Crippen LogP contribution >= 0.6 is 11.3 Å². The Hall–Kier alpha value is -0.410. The van der Waals surface area contributed by atoms with Crippen LogP contribution in [-0.2, 0) is 0 Å². The van der Waals surface area contributed by atoms with Crippen molar-refractivity contribution in [1.82, 2.24) is 4.98 Å². The van der Waals surface area contributed by atoms with Crippen molar-refractivity contribution in [2.75, 3.05) is 0 Å². The average Bonchev–Trinajstić information content (AvgIpc) is 2.83. The second kappa shape index (κ2) is 3.87. The molecule has 2 nitrogen and oxygen atoms in total. The van der Waals surface area contributed by atoms with Crippen LogP contribution in [0.1, 0.15) is 61.1 Å². The first-order valence-electron chi connectivity index (χ1n) is 6.04. The molecular weight excluding hydrogens is 204 g/mol. The molecule has 15 heavy (non-hydrogen) atoms. The van der Waals surface area contributed by atoms with Crippen LogP contribution in [0.3, 0.4) is 0 Å². The molecule has 0 amide bonds. The molecule has 1 heterocycles. The zero-order valence-corrected chi connectivity index (χ0v) is 9.80. The molecule has 2 saturated carbocycles. The fourth-order valence-corrected chi connectivity index (χ4v) is 3.82. The van der Waals surface area contributed by atoms with E-state index < -0.39 is 0 Å². The zero-order chi connectivity index (χ0) is 10.3. The summed E-state index contributed by atoms with van der Waals surface area (Å²) in [4.78, 5) is 4.81. The minimum Gasteiger partial charge on any atom is -0.328 e. The van der Waals surface area contributed by atoms with E-state index in [4.69, 9.17) is 10.7 Å². The third-order valence-electron chi connectivity index (χ3n) is 3.84. The molecule has 0 aliphatic heterocycles. The molecule has 3 rings (SSSR count).